The van der Waals surface area contributed by atoms with Crippen LogP contribution in [0, 0.1) is 0 Å². The van der Waals surface area contributed by atoms with Gasteiger partial charge in [0.25, 0.3) is 0 Å². The Hall–Kier alpha value is -0.890. The van der Waals surface area contributed by atoms with Gasteiger partial charge in [-0.2, -0.15) is 0 Å². The van der Waals surface area contributed by atoms with Crippen molar-refractivity contribution in [3.8, 4) is 5.75 Å². The largest absolute Gasteiger partial charge is 0.475 e. The molecule has 0 saturated carbocycles. The lowest BCUT2D eigenvalue weighted by atomic mass is 9.96. The molecular formula is C12H12OS. The molecule has 2 heterocycles. The quantitative estimate of drug-likeness (QED) is 0.599. The Bertz CT molecular complexity index is 405. The molecule has 1 aromatic carbocycles. The maximum atomic E-state index is 5.98. The molecule has 0 aromatic heterocycles. The van der Waals surface area contributed by atoms with E-state index in [9.17, 15) is 0 Å². The Balaban J connectivity index is 2.12. The molecular weight excluding hydrogens is 192 g/mol. The summed E-state index contributed by atoms with van der Waals surface area (Å²) in [4.78, 5) is 0.0934. The van der Waals surface area contributed by atoms with Crippen molar-refractivity contribution in [3.05, 3.63) is 35.9 Å². The molecule has 72 valence electrons. The average molecular weight is 204 g/mol. The predicted octanol–water partition coefficient (Wildman–Crippen LogP) is 3.32. The molecule has 3 rings (SSSR count). The van der Waals surface area contributed by atoms with Gasteiger partial charge in [0.15, 0.2) is 4.93 Å². The van der Waals surface area contributed by atoms with Crippen LogP contribution in [-0.2, 0) is 0 Å². The summed E-state index contributed by atoms with van der Waals surface area (Å²) in [6.07, 6.45) is 3.27. The molecule has 1 spiro atoms. The fourth-order valence-corrected chi connectivity index (χ4v) is 2.67. The number of thioether (sulfide) groups is 1. The van der Waals surface area contributed by atoms with Crippen molar-refractivity contribution >= 4 is 17.3 Å². The maximum absolute atomic E-state index is 5.98. The highest BCUT2D eigenvalue weighted by Gasteiger charge is 2.50. The van der Waals surface area contributed by atoms with Gasteiger partial charge in [-0.3, -0.25) is 0 Å². The molecule has 0 N–H and O–H groups in total. The van der Waals surface area contributed by atoms with E-state index < -0.39 is 0 Å². The second kappa shape index (κ2) is 2.80. The molecule has 0 aliphatic carbocycles. The molecule has 2 aliphatic heterocycles. The van der Waals surface area contributed by atoms with Crippen LogP contribution in [0.1, 0.15) is 18.9 Å². The van der Waals surface area contributed by atoms with Crippen LogP contribution in [0.5, 0.6) is 5.75 Å². The molecule has 1 nitrogen and oxygen atoms in total. The number of hydrogen-bond acceptors (Lipinski definition) is 2. The second-order valence-electron chi connectivity index (χ2n) is 3.79. The molecule has 1 fully saturated rings. The minimum absolute atomic E-state index is 0.0934. The standard InChI is InChI=1S/C12H12OS/c1-2-9-7-12(8-14-12)13-11-6-4-3-5-10(9)11/h2-6H,7-8H2,1H3. The Labute approximate surface area is 88.2 Å². The number of hydrogen-bond donors (Lipinski definition) is 0. The summed E-state index contributed by atoms with van der Waals surface area (Å²) < 4.78 is 5.98. The van der Waals surface area contributed by atoms with E-state index in [1.165, 1.54) is 11.1 Å². The molecule has 0 radical (unpaired) electrons. The predicted molar refractivity (Wildman–Crippen MR) is 60.5 cm³/mol. The summed E-state index contributed by atoms with van der Waals surface area (Å²) in [5, 5.41) is 0. The Morgan fingerprint density at radius 3 is 2.93 bits per heavy atom. The summed E-state index contributed by atoms with van der Waals surface area (Å²) in [5.41, 5.74) is 2.70. The van der Waals surface area contributed by atoms with Gasteiger partial charge in [-0.1, -0.05) is 24.3 Å². The van der Waals surface area contributed by atoms with Crippen molar-refractivity contribution in [3.63, 3.8) is 0 Å². The number of rotatable bonds is 0. The van der Waals surface area contributed by atoms with Crippen molar-refractivity contribution in [2.75, 3.05) is 5.75 Å². The Kier molecular flexibility index (Phi) is 1.68. The summed E-state index contributed by atoms with van der Waals surface area (Å²) >= 11 is 1.91. The van der Waals surface area contributed by atoms with E-state index >= 15 is 0 Å². The number of allylic oxidation sites excluding steroid dienone is 1. The van der Waals surface area contributed by atoms with Crippen LogP contribution >= 0.6 is 11.8 Å². The van der Waals surface area contributed by atoms with E-state index in [2.05, 4.69) is 31.2 Å². The third-order valence-corrected chi connectivity index (χ3v) is 3.96. The van der Waals surface area contributed by atoms with Crippen LogP contribution in [0.2, 0.25) is 0 Å². The van der Waals surface area contributed by atoms with Gasteiger partial charge in [0.1, 0.15) is 5.75 Å². The van der Waals surface area contributed by atoms with Crippen LogP contribution in [0.25, 0.3) is 5.57 Å². The summed E-state index contributed by atoms with van der Waals surface area (Å²) in [7, 11) is 0. The van der Waals surface area contributed by atoms with Crippen LogP contribution in [0.3, 0.4) is 0 Å². The fraction of sp³-hybridized carbons (Fsp3) is 0.333. The lowest BCUT2D eigenvalue weighted by Gasteiger charge is -2.26. The SMILES string of the molecule is CC=C1CC2(CS2)Oc2ccccc21. The first-order valence-electron chi connectivity index (χ1n) is 4.91. The molecule has 14 heavy (non-hydrogen) atoms. The van der Waals surface area contributed by atoms with Gasteiger partial charge < -0.3 is 4.74 Å². The summed E-state index contributed by atoms with van der Waals surface area (Å²) in [6.45, 7) is 2.11. The third kappa shape index (κ3) is 1.17. The van der Waals surface area contributed by atoms with Gasteiger partial charge in [0.2, 0.25) is 0 Å². The minimum atomic E-state index is 0.0934. The fourth-order valence-electron chi connectivity index (χ4n) is 1.94. The van der Waals surface area contributed by atoms with Crippen molar-refractivity contribution in [1.82, 2.24) is 0 Å². The maximum Gasteiger partial charge on any atom is 0.168 e. The van der Waals surface area contributed by atoms with Gasteiger partial charge in [-0.05, 0) is 18.6 Å². The number of benzene rings is 1. The van der Waals surface area contributed by atoms with E-state index in [1.807, 2.05) is 17.8 Å². The van der Waals surface area contributed by atoms with Crippen molar-refractivity contribution < 1.29 is 4.74 Å². The highest BCUT2D eigenvalue weighted by atomic mass is 32.2. The minimum Gasteiger partial charge on any atom is -0.475 e. The van der Waals surface area contributed by atoms with E-state index in [1.54, 1.807) is 0 Å². The Morgan fingerprint density at radius 1 is 1.43 bits per heavy atom. The molecule has 2 heteroatoms. The molecule has 0 bridgehead atoms. The van der Waals surface area contributed by atoms with Gasteiger partial charge >= 0.3 is 0 Å². The topological polar surface area (TPSA) is 9.23 Å². The number of para-hydroxylation sites is 1. The van der Waals surface area contributed by atoms with Gasteiger partial charge in [-0.25, -0.2) is 0 Å². The van der Waals surface area contributed by atoms with Crippen LogP contribution in [0.4, 0.5) is 0 Å². The smallest absolute Gasteiger partial charge is 0.168 e. The zero-order chi connectivity index (χ0) is 9.60. The second-order valence-corrected chi connectivity index (χ2v) is 5.11. The molecule has 0 amide bonds. The third-order valence-electron chi connectivity index (χ3n) is 2.80. The van der Waals surface area contributed by atoms with Crippen LogP contribution in [-0.4, -0.2) is 10.7 Å². The summed E-state index contributed by atoms with van der Waals surface area (Å²) in [5.74, 6) is 2.19. The van der Waals surface area contributed by atoms with Gasteiger partial charge in [-0.15, -0.1) is 11.8 Å². The lowest BCUT2D eigenvalue weighted by Crippen LogP contribution is -2.23. The van der Waals surface area contributed by atoms with E-state index in [-0.39, 0.29) is 4.93 Å². The van der Waals surface area contributed by atoms with Crippen LogP contribution < -0.4 is 4.74 Å². The molecule has 2 aliphatic rings. The highest BCUT2D eigenvalue weighted by Crippen LogP contribution is 2.55. The van der Waals surface area contributed by atoms with E-state index in [4.69, 9.17) is 4.74 Å². The monoisotopic (exact) mass is 204 g/mol. The van der Waals surface area contributed by atoms with Crippen LogP contribution in [0.15, 0.2) is 30.3 Å². The molecule has 1 atom stereocenters. The first kappa shape index (κ1) is 8.42. The molecule has 1 aromatic rings. The lowest BCUT2D eigenvalue weighted by molar-refractivity contribution is 0.216. The van der Waals surface area contributed by atoms with Crippen molar-refractivity contribution in [2.24, 2.45) is 0 Å². The number of fused-ring (bicyclic) bond motifs is 1. The van der Waals surface area contributed by atoms with Crippen molar-refractivity contribution in [1.29, 1.82) is 0 Å². The molecule has 1 saturated heterocycles. The first-order valence-corrected chi connectivity index (χ1v) is 5.89. The summed E-state index contributed by atoms with van der Waals surface area (Å²) in [6, 6.07) is 8.32. The normalized spacial score (nSPS) is 31.4. The first-order chi connectivity index (χ1) is 6.83. The number of ether oxygens (including phenoxy) is 1. The van der Waals surface area contributed by atoms with Gasteiger partial charge in [0.05, 0.1) is 0 Å². The van der Waals surface area contributed by atoms with E-state index in [0.29, 0.717) is 0 Å². The zero-order valence-electron chi connectivity index (χ0n) is 8.12. The van der Waals surface area contributed by atoms with Crippen molar-refractivity contribution in [2.45, 2.75) is 18.3 Å². The van der Waals surface area contributed by atoms with E-state index in [0.717, 1.165) is 17.9 Å². The average Bonchev–Trinajstić information content (AvgIpc) is 2.96. The highest BCUT2D eigenvalue weighted by molar-refractivity contribution is 8.07. The Morgan fingerprint density at radius 2 is 2.21 bits per heavy atom. The zero-order valence-corrected chi connectivity index (χ0v) is 8.93. The molecule has 1 unspecified atom stereocenters. The van der Waals surface area contributed by atoms with Gasteiger partial charge in [0, 0.05) is 17.7 Å².